The van der Waals surface area contributed by atoms with Crippen molar-refractivity contribution >= 4 is 5.71 Å². The largest absolute Gasteiger partial charge is 0.411 e. The van der Waals surface area contributed by atoms with Gasteiger partial charge in [-0.3, -0.25) is 0 Å². The standard InChI is InChI=1S/C15H15NO.C2H6/c1-12-7-9-14(10-8-12)15(16-17)11-13-5-3-2-4-6-13;1-2/h2-10,17H,11H2,1H3;1-2H3/b16-15-;. The van der Waals surface area contributed by atoms with Gasteiger partial charge in [-0.15, -0.1) is 0 Å². The van der Waals surface area contributed by atoms with Crippen LogP contribution in [0, 0.1) is 6.92 Å². The van der Waals surface area contributed by atoms with Crippen molar-refractivity contribution in [3.63, 3.8) is 0 Å². The van der Waals surface area contributed by atoms with Gasteiger partial charge in [0.25, 0.3) is 0 Å². The molecule has 19 heavy (non-hydrogen) atoms. The molecule has 2 rings (SSSR count). The molecule has 0 fully saturated rings. The van der Waals surface area contributed by atoms with Crippen LogP contribution in [0.15, 0.2) is 59.8 Å². The van der Waals surface area contributed by atoms with E-state index in [0.29, 0.717) is 12.1 Å². The third-order valence-electron chi connectivity index (χ3n) is 2.72. The van der Waals surface area contributed by atoms with Crippen molar-refractivity contribution in [2.24, 2.45) is 5.16 Å². The summed E-state index contributed by atoms with van der Waals surface area (Å²) in [6.07, 6.45) is 0.639. The van der Waals surface area contributed by atoms with E-state index in [9.17, 15) is 0 Å². The first kappa shape index (κ1) is 15.0. The molecule has 2 nitrogen and oxygen atoms in total. The first-order valence-electron chi connectivity index (χ1n) is 6.61. The Hall–Kier alpha value is -2.09. The van der Waals surface area contributed by atoms with E-state index in [-0.39, 0.29) is 0 Å². The third kappa shape index (κ3) is 4.59. The molecule has 0 aromatic heterocycles. The van der Waals surface area contributed by atoms with Gasteiger partial charge in [-0.1, -0.05) is 79.2 Å². The molecular formula is C17H21NO. The Morgan fingerprint density at radius 2 is 1.53 bits per heavy atom. The lowest BCUT2D eigenvalue weighted by atomic mass is 10.0. The average molecular weight is 255 g/mol. The zero-order valence-electron chi connectivity index (χ0n) is 11.8. The van der Waals surface area contributed by atoms with Gasteiger partial charge in [0, 0.05) is 6.42 Å². The Morgan fingerprint density at radius 1 is 0.947 bits per heavy atom. The molecule has 0 bridgehead atoms. The number of nitrogens with zero attached hydrogens (tertiary/aromatic N) is 1. The van der Waals surface area contributed by atoms with Gasteiger partial charge < -0.3 is 5.21 Å². The van der Waals surface area contributed by atoms with Crippen molar-refractivity contribution in [2.75, 3.05) is 0 Å². The fourth-order valence-electron chi connectivity index (χ4n) is 1.73. The summed E-state index contributed by atoms with van der Waals surface area (Å²) < 4.78 is 0. The van der Waals surface area contributed by atoms with E-state index in [2.05, 4.69) is 5.16 Å². The van der Waals surface area contributed by atoms with Crippen LogP contribution >= 0.6 is 0 Å². The Kier molecular flexibility index (Phi) is 6.37. The highest BCUT2D eigenvalue weighted by atomic mass is 16.4. The summed E-state index contributed by atoms with van der Waals surface area (Å²) in [4.78, 5) is 0. The Labute approximate surface area is 115 Å². The SMILES string of the molecule is CC.Cc1ccc(/C(Cc2ccccc2)=N\O)cc1. The normalized spacial score (nSPS) is 10.6. The lowest BCUT2D eigenvalue weighted by molar-refractivity contribution is 0.318. The van der Waals surface area contributed by atoms with Gasteiger partial charge in [-0.05, 0) is 18.1 Å². The van der Waals surface area contributed by atoms with Crippen molar-refractivity contribution < 1.29 is 5.21 Å². The van der Waals surface area contributed by atoms with Crippen LogP contribution in [0.3, 0.4) is 0 Å². The molecule has 2 heteroatoms. The predicted octanol–water partition coefficient (Wildman–Crippen LogP) is 4.44. The fraction of sp³-hybridized carbons (Fsp3) is 0.235. The molecule has 2 aromatic carbocycles. The number of hydrogen-bond acceptors (Lipinski definition) is 2. The van der Waals surface area contributed by atoms with Crippen LogP contribution in [0.2, 0.25) is 0 Å². The first-order valence-corrected chi connectivity index (χ1v) is 6.61. The lowest BCUT2D eigenvalue weighted by Crippen LogP contribution is -2.05. The van der Waals surface area contributed by atoms with Crippen LogP contribution < -0.4 is 0 Å². The highest BCUT2D eigenvalue weighted by molar-refractivity contribution is 6.01. The maximum atomic E-state index is 9.10. The van der Waals surface area contributed by atoms with E-state index in [1.54, 1.807) is 0 Å². The summed E-state index contributed by atoms with van der Waals surface area (Å²) in [5.74, 6) is 0. The van der Waals surface area contributed by atoms with Crippen molar-refractivity contribution in [3.8, 4) is 0 Å². The van der Waals surface area contributed by atoms with E-state index >= 15 is 0 Å². The molecule has 0 atom stereocenters. The van der Waals surface area contributed by atoms with E-state index in [1.165, 1.54) is 5.56 Å². The van der Waals surface area contributed by atoms with Crippen molar-refractivity contribution in [3.05, 3.63) is 71.3 Å². The highest BCUT2D eigenvalue weighted by Gasteiger charge is 2.05. The number of benzene rings is 2. The first-order chi connectivity index (χ1) is 9.29. The van der Waals surface area contributed by atoms with Crippen LogP contribution in [0.5, 0.6) is 0 Å². The van der Waals surface area contributed by atoms with E-state index in [1.807, 2.05) is 75.4 Å². The van der Waals surface area contributed by atoms with Gasteiger partial charge >= 0.3 is 0 Å². The second-order valence-corrected chi connectivity index (χ2v) is 4.08. The Morgan fingerprint density at radius 3 is 2.05 bits per heavy atom. The second-order valence-electron chi connectivity index (χ2n) is 4.08. The van der Waals surface area contributed by atoms with Crippen LogP contribution in [0.1, 0.15) is 30.5 Å². The minimum absolute atomic E-state index is 0.639. The predicted molar refractivity (Wildman–Crippen MR) is 81.0 cm³/mol. The molecule has 100 valence electrons. The minimum atomic E-state index is 0.639. The Bertz CT molecular complexity index is 501. The molecule has 0 saturated carbocycles. The monoisotopic (exact) mass is 255 g/mol. The summed E-state index contributed by atoms with van der Waals surface area (Å²) in [6, 6.07) is 18.0. The smallest absolute Gasteiger partial charge is 0.0911 e. The maximum absolute atomic E-state index is 9.10. The van der Waals surface area contributed by atoms with Gasteiger partial charge in [-0.25, -0.2) is 0 Å². The second kappa shape index (κ2) is 8.09. The summed E-state index contributed by atoms with van der Waals surface area (Å²) in [7, 11) is 0. The van der Waals surface area contributed by atoms with Crippen LogP contribution in [0.4, 0.5) is 0 Å². The van der Waals surface area contributed by atoms with Crippen molar-refractivity contribution in [1.82, 2.24) is 0 Å². The van der Waals surface area contributed by atoms with Crippen LogP contribution in [-0.4, -0.2) is 10.9 Å². The van der Waals surface area contributed by atoms with Gasteiger partial charge in [0.15, 0.2) is 0 Å². The molecule has 0 aliphatic carbocycles. The zero-order chi connectivity index (χ0) is 14.1. The number of aryl methyl sites for hydroxylation is 1. The van der Waals surface area contributed by atoms with Crippen molar-refractivity contribution in [1.29, 1.82) is 0 Å². The zero-order valence-corrected chi connectivity index (χ0v) is 11.8. The molecule has 2 aromatic rings. The molecule has 0 amide bonds. The van der Waals surface area contributed by atoms with E-state index < -0.39 is 0 Å². The number of rotatable bonds is 3. The van der Waals surface area contributed by atoms with Crippen LogP contribution in [-0.2, 0) is 6.42 Å². The molecule has 0 spiro atoms. The topological polar surface area (TPSA) is 32.6 Å². The van der Waals surface area contributed by atoms with Crippen molar-refractivity contribution in [2.45, 2.75) is 27.2 Å². The summed E-state index contributed by atoms with van der Waals surface area (Å²) in [5, 5.41) is 12.5. The van der Waals surface area contributed by atoms with Gasteiger partial charge in [-0.2, -0.15) is 0 Å². The lowest BCUT2D eigenvalue weighted by Gasteiger charge is -2.05. The molecule has 0 unspecified atom stereocenters. The van der Waals surface area contributed by atoms with Gasteiger partial charge in [0.2, 0.25) is 0 Å². The van der Waals surface area contributed by atoms with E-state index in [4.69, 9.17) is 5.21 Å². The average Bonchev–Trinajstić information content (AvgIpc) is 2.49. The molecular weight excluding hydrogens is 234 g/mol. The molecule has 0 radical (unpaired) electrons. The van der Waals surface area contributed by atoms with Gasteiger partial charge in [0.1, 0.15) is 0 Å². The highest BCUT2D eigenvalue weighted by Crippen LogP contribution is 2.09. The molecule has 0 saturated heterocycles. The fourth-order valence-corrected chi connectivity index (χ4v) is 1.73. The maximum Gasteiger partial charge on any atom is 0.0911 e. The quantitative estimate of drug-likeness (QED) is 0.491. The minimum Gasteiger partial charge on any atom is -0.411 e. The summed E-state index contributed by atoms with van der Waals surface area (Å²) in [5.41, 5.74) is 3.99. The summed E-state index contributed by atoms with van der Waals surface area (Å²) in [6.45, 7) is 6.04. The third-order valence-corrected chi connectivity index (χ3v) is 2.72. The van der Waals surface area contributed by atoms with Crippen LogP contribution in [0.25, 0.3) is 0 Å². The molecule has 0 aliphatic rings. The molecule has 0 aliphatic heterocycles. The molecule has 1 N–H and O–H groups in total. The summed E-state index contributed by atoms with van der Waals surface area (Å²) >= 11 is 0. The molecule has 0 heterocycles. The van der Waals surface area contributed by atoms with Gasteiger partial charge in [0.05, 0.1) is 5.71 Å². The number of hydrogen-bond donors (Lipinski definition) is 1. The Balaban J connectivity index is 0.000000861. The van der Waals surface area contributed by atoms with E-state index in [0.717, 1.165) is 11.1 Å². The number of oxime groups is 1.